The highest BCUT2D eigenvalue weighted by molar-refractivity contribution is 5.85. The van der Waals surface area contributed by atoms with Crippen LogP contribution in [0.5, 0.6) is 0 Å². The number of rotatable bonds is 1. The fourth-order valence-corrected chi connectivity index (χ4v) is 2.95. The molecule has 0 saturated heterocycles. The van der Waals surface area contributed by atoms with Crippen LogP contribution in [0.15, 0.2) is 30.6 Å². The van der Waals surface area contributed by atoms with Gasteiger partial charge in [-0.25, -0.2) is 4.98 Å². The van der Waals surface area contributed by atoms with Crippen molar-refractivity contribution in [3.05, 3.63) is 42.0 Å². The summed E-state index contributed by atoms with van der Waals surface area (Å²) in [6, 6.07) is 4.17. The first-order valence-electron chi connectivity index (χ1n) is 8.29. The van der Waals surface area contributed by atoms with Crippen LogP contribution < -0.4 is 4.90 Å². The molecule has 4 nitrogen and oxygen atoms in total. The van der Waals surface area contributed by atoms with E-state index in [1.807, 2.05) is 31.1 Å². The van der Waals surface area contributed by atoms with Gasteiger partial charge in [0.1, 0.15) is 12.0 Å². The fourth-order valence-electron chi connectivity index (χ4n) is 2.95. The Bertz CT molecular complexity index is 847. The third-order valence-electron chi connectivity index (χ3n) is 4.11. The van der Waals surface area contributed by atoms with Crippen molar-refractivity contribution in [1.82, 2.24) is 14.5 Å². The number of hydrogen-bond donors (Lipinski definition) is 0. The van der Waals surface area contributed by atoms with Crippen molar-refractivity contribution < 1.29 is 4.11 Å². The lowest BCUT2D eigenvalue weighted by molar-refractivity contribution is 0.383. The smallest absolute Gasteiger partial charge is 0.117 e. The largest absolute Gasteiger partial charge is 0.359 e. The molecule has 1 atom stereocenters. The van der Waals surface area contributed by atoms with Crippen LogP contribution in [-0.4, -0.2) is 27.6 Å². The number of anilines is 1. The molecular formula is C16H18N4. The Morgan fingerprint density at radius 3 is 3.00 bits per heavy atom. The third kappa shape index (κ3) is 1.45. The molecule has 1 aromatic heterocycles. The topological polar surface area (TPSA) is 24.3 Å². The molecule has 0 saturated carbocycles. The maximum Gasteiger partial charge on any atom is 0.117 e. The highest BCUT2D eigenvalue weighted by Gasteiger charge is 2.23. The molecule has 0 unspecified atom stereocenters. The summed E-state index contributed by atoms with van der Waals surface area (Å²) in [5.41, 5.74) is 4.13. The quantitative estimate of drug-likeness (QED) is 0.795. The normalized spacial score (nSPS) is 23.3. The lowest BCUT2D eigenvalue weighted by atomic mass is 10.1. The summed E-state index contributed by atoms with van der Waals surface area (Å²) in [4.78, 5) is 8.06. The summed E-state index contributed by atoms with van der Waals surface area (Å²) in [5.74, 6) is 1.05. The Morgan fingerprint density at radius 2 is 2.20 bits per heavy atom. The summed E-state index contributed by atoms with van der Waals surface area (Å²) < 4.78 is 25.0. The van der Waals surface area contributed by atoms with Crippen LogP contribution >= 0.6 is 0 Å². The Hall–Kier alpha value is -2.23. The van der Waals surface area contributed by atoms with E-state index in [0.717, 1.165) is 34.5 Å². The minimum absolute atomic E-state index is 0.254. The molecule has 4 heteroatoms. The predicted molar refractivity (Wildman–Crippen MR) is 82.3 cm³/mol. The van der Waals surface area contributed by atoms with Crippen molar-refractivity contribution >= 4 is 22.9 Å². The van der Waals surface area contributed by atoms with E-state index in [-0.39, 0.29) is 6.17 Å². The molecule has 3 heterocycles. The van der Waals surface area contributed by atoms with Gasteiger partial charge in [-0.15, -0.1) is 0 Å². The number of allylic oxidation sites excluding steroid dienone is 1. The molecule has 2 aromatic rings. The van der Waals surface area contributed by atoms with Gasteiger partial charge in [-0.05, 0) is 31.5 Å². The van der Waals surface area contributed by atoms with Crippen LogP contribution in [-0.2, 0) is 6.42 Å². The van der Waals surface area contributed by atoms with Gasteiger partial charge >= 0.3 is 0 Å². The summed E-state index contributed by atoms with van der Waals surface area (Å²) >= 11 is 0. The number of nitrogens with zero attached hydrogens (tertiary/aromatic N) is 4. The standard InChI is InChI=1S/C16H18N4/c1-11-9-13-15(20-6-4-5-16(20)17-13)10-14(11)19-8-7-18(3)12(19)2/h4,6-10,12H,5H2,1-3H3/t12-/m0/s1/i3D3. The summed E-state index contributed by atoms with van der Waals surface area (Å²) in [6.07, 6.45) is 8.22. The number of benzene rings is 1. The zero-order valence-corrected chi connectivity index (χ0v) is 11.5. The molecule has 4 rings (SSSR count). The minimum Gasteiger partial charge on any atom is -0.359 e. The summed E-state index contributed by atoms with van der Waals surface area (Å²) in [5, 5.41) is 0. The monoisotopic (exact) mass is 269 g/mol. The van der Waals surface area contributed by atoms with E-state index in [4.69, 9.17) is 4.11 Å². The number of aromatic nitrogens is 2. The van der Waals surface area contributed by atoms with E-state index < -0.39 is 6.98 Å². The average molecular weight is 269 g/mol. The van der Waals surface area contributed by atoms with E-state index in [1.54, 1.807) is 6.20 Å². The zero-order chi connectivity index (χ0) is 16.4. The van der Waals surface area contributed by atoms with Gasteiger partial charge in [0.25, 0.3) is 0 Å². The molecule has 20 heavy (non-hydrogen) atoms. The van der Waals surface area contributed by atoms with Crippen LogP contribution in [0.4, 0.5) is 5.69 Å². The van der Waals surface area contributed by atoms with Gasteiger partial charge in [0.05, 0.1) is 11.0 Å². The van der Waals surface area contributed by atoms with Crippen LogP contribution in [0.2, 0.25) is 0 Å². The van der Waals surface area contributed by atoms with Gasteiger partial charge in [0.15, 0.2) is 0 Å². The van der Waals surface area contributed by atoms with Gasteiger partial charge < -0.3 is 14.4 Å². The lowest BCUT2D eigenvalue weighted by Gasteiger charge is -2.28. The summed E-state index contributed by atoms with van der Waals surface area (Å²) in [6.45, 7) is 1.80. The first-order chi connectivity index (χ1) is 10.9. The Labute approximate surface area is 122 Å². The zero-order valence-electron chi connectivity index (χ0n) is 14.5. The third-order valence-corrected chi connectivity index (χ3v) is 4.11. The maximum atomic E-state index is 7.63. The van der Waals surface area contributed by atoms with E-state index in [0.29, 0.717) is 0 Å². The molecule has 0 aliphatic carbocycles. The van der Waals surface area contributed by atoms with Crippen molar-refractivity contribution in [3.8, 4) is 0 Å². The van der Waals surface area contributed by atoms with Crippen molar-refractivity contribution in [1.29, 1.82) is 0 Å². The number of fused-ring (bicyclic) bond motifs is 3. The molecule has 0 bridgehead atoms. The van der Waals surface area contributed by atoms with Gasteiger partial charge in [-0.1, -0.05) is 6.08 Å². The van der Waals surface area contributed by atoms with Crippen molar-refractivity contribution in [2.75, 3.05) is 11.9 Å². The van der Waals surface area contributed by atoms with Gasteiger partial charge in [-0.2, -0.15) is 0 Å². The number of hydrogen-bond acceptors (Lipinski definition) is 3. The minimum atomic E-state index is -2.14. The van der Waals surface area contributed by atoms with E-state index >= 15 is 0 Å². The SMILES string of the molecule is [2H]C([2H])([2H])N1C=CN(c2cc3c(cc2C)nc2n3C=CC2)[C@H]1C. The van der Waals surface area contributed by atoms with Crippen LogP contribution in [0.3, 0.4) is 0 Å². The van der Waals surface area contributed by atoms with Crippen molar-refractivity contribution in [2.45, 2.75) is 26.4 Å². The van der Waals surface area contributed by atoms with Crippen LogP contribution in [0.1, 0.15) is 22.4 Å². The van der Waals surface area contributed by atoms with E-state index in [1.165, 1.54) is 4.90 Å². The molecule has 0 spiro atoms. The molecule has 2 aliphatic heterocycles. The first kappa shape index (κ1) is 8.84. The molecule has 0 fully saturated rings. The van der Waals surface area contributed by atoms with Gasteiger partial charge in [0, 0.05) is 41.8 Å². The maximum absolute atomic E-state index is 7.63. The molecule has 0 N–H and O–H groups in total. The first-order valence-corrected chi connectivity index (χ1v) is 6.79. The highest BCUT2D eigenvalue weighted by atomic mass is 15.4. The Balaban J connectivity index is 1.79. The number of aryl methyl sites for hydroxylation is 1. The van der Waals surface area contributed by atoms with Gasteiger partial charge in [0.2, 0.25) is 0 Å². The Kier molecular flexibility index (Phi) is 1.72. The van der Waals surface area contributed by atoms with E-state index in [2.05, 4.69) is 27.8 Å². The second-order valence-corrected chi connectivity index (χ2v) is 5.36. The van der Waals surface area contributed by atoms with Gasteiger partial charge in [-0.3, -0.25) is 0 Å². The lowest BCUT2D eigenvalue weighted by Crippen LogP contribution is -2.33. The van der Waals surface area contributed by atoms with Crippen molar-refractivity contribution in [3.63, 3.8) is 0 Å². The van der Waals surface area contributed by atoms with Crippen LogP contribution in [0, 0.1) is 6.92 Å². The molecule has 102 valence electrons. The second-order valence-electron chi connectivity index (χ2n) is 5.36. The Morgan fingerprint density at radius 1 is 1.30 bits per heavy atom. The molecular weight excluding hydrogens is 248 g/mol. The molecule has 0 radical (unpaired) electrons. The fraction of sp³-hybridized carbons (Fsp3) is 0.312. The second kappa shape index (κ2) is 3.88. The predicted octanol–water partition coefficient (Wildman–Crippen LogP) is 2.94. The van der Waals surface area contributed by atoms with E-state index in [9.17, 15) is 0 Å². The molecule has 1 aromatic carbocycles. The van der Waals surface area contributed by atoms with Crippen molar-refractivity contribution in [2.24, 2.45) is 0 Å². The molecule has 0 amide bonds. The molecule has 2 aliphatic rings. The highest BCUT2D eigenvalue weighted by Crippen LogP contribution is 2.32. The summed E-state index contributed by atoms with van der Waals surface area (Å²) in [7, 11) is 0. The number of imidazole rings is 1. The van der Waals surface area contributed by atoms with Crippen LogP contribution in [0.25, 0.3) is 17.2 Å². The average Bonchev–Trinajstić information content (AvgIpc) is 3.11.